The molecule has 1 saturated heterocycles. The van der Waals surface area contributed by atoms with Gasteiger partial charge in [0.2, 0.25) is 5.91 Å². The molecule has 0 bridgehead atoms. The number of amides is 1. The number of nitrogens with zero attached hydrogens (tertiary/aromatic N) is 2. The van der Waals surface area contributed by atoms with Crippen molar-refractivity contribution in [1.29, 1.82) is 0 Å². The van der Waals surface area contributed by atoms with Gasteiger partial charge in [0, 0.05) is 55.5 Å². The Morgan fingerprint density at radius 3 is 2.63 bits per heavy atom. The number of carbonyl (C=O) groups excluding carboxylic acids is 1. The van der Waals surface area contributed by atoms with Gasteiger partial charge in [0.25, 0.3) is 0 Å². The van der Waals surface area contributed by atoms with E-state index in [1.165, 1.54) is 18.2 Å². The molecule has 2 heterocycles. The van der Waals surface area contributed by atoms with Crippen LogP contribution in [0.3, 0.4) is 0 Å². The van der Waals surface area contributed by atoms with Crippen LogP contribution in [0, 0.1) is 0 Å². The summed E-state index contributed by atoms with van der Waals surface area (Å²) in [6.07, 6.45) is -1.05. The number of piperazine rings is 1. The Morgan fingerprint density at radius 1 is 1.20 bits per heavy atom. The molecule has 1 amide bonds. The predicted octanol–water partition coefficient (Wildman–Crippen LogP) is 4.83. The topological polar surface area (TPSA) is 54.0 Å². The van der Waals surface area contributed by atoms with Gasteiger partial charge in [-0.3, -0.25) is 4.79 Å². The van der Waals surface area contributed by atoms with Crippen LogP contribution in [0.4, 0.5) is 24.5 Å². The number of ether oxygens (including phenoxy) is 2. The Balaban J connectivity index is 1.53. The van der Waals surface area contributed by atoms with Gasteiger partial charge in [-0.1, -0.05) is 0 Å². The van der Waals surface area contributed by atoms with Crippen molar-refractivity contribution in [3.63, 3.8) is 0 Å². The molecule has 4 rings (SSSR count). The first-order chi connectivity index (χ1) is 16.6. The van der Waals surface area contributed by atoms with Crippen LogP contribution < -0.4 is 19.7 Å². The van der Waals surface area contributed by atoms with Crippen LogP contribution in [0.15, 0.2) is 36.4 Å². The van der Waals surface area contributed by atoms with Crippen LogP contribution in [0.25, 0.3) is 6.08 Å². The lowest BCUT2D eigenvalue weighted by Gasteiger charge is -2.34. The average molecular weight is 490 g/mol. The van der Waals surface area contributed by atoms with Gasteiger partial charge >= 0.3 is 6.18 Å². The van der Waals surface area contributed by atoms with E-state index in [0.29, 0.717) is 36.7 Å². The Hall–Kier alpha value is -3.20. The van der Waals surface area contributed by atoms with Crippen LogP contribution in [0.5, 0.6) is 11.5 Å². The zero-order chi connectivity index (χ0) is 25.2. The molecule has 1 atom stereocenters. The zero-order valence-electron chi connectivity index (χ0n) is 20.1. The lowest BCUT2D eigenvalue weighted by Crippen LogP contribution is -2.44. The molecular weight excluding hydrogens is 459 g/mol. The van der Waals surface area contributed by atoms with E-state index in [0.717, 1.165) is 36.9 Å². The molecule has 0 aromatic heterocycles. The van der Waals surface area contributed by atoms with E-state index >= 15 is 0 Å². The maximum atomic E-state index is 13.8. The number of benzene rings is 2. The molecule has 0 aliphatic carbocycles. The van der Waals surface area contributed by atoms with Gasteiger partial charge in [-0.05, 0) is 57.3 Å². The number of alkyl halides is 3. The zero-order valence-corrected chi connectivity index (χ0v) is 20.1. The second-order valence-electron chi connectivity index (χ2n) is 8.90. The van der Waals surface area contributed by atoms with Crippen molar-refractivity contribution in [2.75, 3.05) is 50.1 Å². The van der Waals surface area contributed by atoms with E-state index in [-0.39, 0.29) is 11.8 Å². The summed E-state index contributed by atoms with van der Waals surface area (Å²) in [5, 5.41) is 2.39. The number of halogens is 3. The predicted molar refractivity (Wildman–Crippen MR) is 130 cm³/mol. The van der Waals surface area contributed by atoms with Gasteiger partial charge < -0.3 is 24.6 Å². The van der Waals surface area contributed by atoms with Crippen molar-refractivity contribution in [2.45, 2.75) is 32.5 Å². The molecule has 2 aromatic rings. The minimum Gasteiger partial charge on any atom is -0.493 e. The van der Waals surface area contributed by atoms with Crippen molar-refractivity contribution in [3.8, 4) is 11.5 Å². The summed E-state index contributed by atoms with van der Waals surface area (Å²) in [5.74, 6) is 0.653. The number of hydrogen-bond acceptors (Lipinski definition) is 5. The van der Waals surface area contributed by atoms with Gasteiger partial charge in [-0.25, -0.2) is 0 Å². The maximum absolute atomic E-state index is 13.8. The van der Waals surface area contributed by atoms with Crippen LogP contribution in [0.2, 0.25) is 0 Å². The Labute approximate surface area is 203 Å². The van der Waals surface area contributed by atoms with Crippen molar-refractivity contribution < 1.29 is 27.4 Å². The highest BCUT2D eigenvalue weighted by Crippen LogP contribution is 2.38. The van der Waals surface area contributed by atoms with E-state index in [9.17, 15) is 18.0 Å². The number of nitrogens with one attached hydrogen (secondary N) is 1. The molecule has 9 heteroatoms. The third-order valence-electron chi connectivity index (χ3n) is 6.18. The van der Waals surface area contributed by atoms with E-state index in [1.807, 2.05) is 31.9 Å². The largest absolute Gasteiger partial charge is 0.493 e. The quantitative estimate of drug-likeness (QED) is 0.589. The minimum absolute atomic E-state index is 0.0524. The van der Waals surface area contributed by atoms with E-state index in [2.05, 4.69) is 10.2 Å². The number of rotatable bonds is 6. The van der Waals surface area contributed by atoms with E-state index < -0.39 is 17.6 Å². The van der Waals surface area contributed by atoms with Gasteiger partial charge in [0.05, 0.1) is 17.9 Å². The average Bonchev–Trinajstić information content (AvgIpc) is 3.16. The van der Waals surface area contributed by atoms with Crippen LogP contribution in [0.1, 0.15) is 30.5 Å². The fourth-order valence-electron chi connectivity index (χ4n) is 4.34. The number of fused-ring (bicyclic) bond motifs is 1. The second kappa shape index (κ2) is 10.2. The Bertz CT molecular complexity index is 1110. The normalized spacial score (nSPS) is 18.5. The van der Waals surface area contributed by atoms with Crippen molar-refractivity contribution in [2.24, 2.45) is 0 Å². The SMILES string of the molecule is CCOc1cc2c(cc1/C=C/C(=O)Nc1ccc(N3CCN(C)CC3)cc1C(F)(F)F)OC(C)C2. The highest BCUT2D eigenvalue weighted by atomic mass is 19.4. The molecular formula is C26H30F3N3O3. The summed E-state index contributed by atoms with van der Waals surface area (Å²) in [4.78, 5) is 16.6. The number of anilines is 2. The molecule has 0 radical (unpaired) electrons. The van der Waals surface area contributed by atoms with Crippen LogP contribution in [-0.4, -0.2) is 56.7 Å². The lowest BCUT2D eigenvalue weighted by atomic mass is 10.1. The van der Waals surface area contributed by atoms with Crippen molar-refractivity contribution in [1.82, 2.24) is 4.90 Å². The number of carbonyl (C=O) groups is 1. The highest BCUT2D eigenvalue weighted by Gasteiger charge is 2.35. The third-order valence-corrected chi connectivity index (χ3v) is 6.18. The Morgan fingerprint density at radius 2 is 1.94 bits per heavy atom. The van der Waals surface area contributed by atoms with Gasteiger partial charge in [-0.15, -0.1) is 0 Å². The highest BCUT2D eigenvalue weighted by molar-refractivity contribution is 6.02. The van der Waals surface area contributed by atoms with E-state index in [4.69, 9.17) is 9.47 Å². The second-order valence-corrected chi connectivity index (χ2v) is 8.90. The molecule has 35 heavy (non-hydrogen) atoms. The van der Waals surface area contributed by atoms with Crippen LogP contribution in [-0.2, 0) is 17.4 Å². The van der Waals surface area contributed by atoms with E-state index in [1.54, 1.807) is 12.1 Å². The molecule has 6 nitrogen and oxygen atoms in total. The smallest absolute Gasteiger partial charge is 0.418 e. The standard InChI is InChI=1S/C26H30F3N3O3/c1-4-34-23-15-19-13-17(2)35-24(19)14-18(23)5-8-25(33)30-22-7-6-20(16-21(22)26(27,28)29)32-11-9-31(3)10-12-32/h5-8,14-17H,4,9-13H2,1-3H3,(H,30,33)/b8-5+. The summed E-state index contributed by atoms with van der Waals surface area (Å²) in [6, 6.07) is 7.72. The monoisotopic (exact) mass is 489 g/mol. The first-order valence-electron chi connectivity index (χ1n) is 11.7. The first kappa shape index (κ1) is 24.9. The molecule has 1 fully saturated rings. The molecule has 188 valence electrons. The maximum Gasteiger partial charge on any atom is 0.418 e. The fourth-order valence-corrected chi connectivity index (χ4v) is 4.34. The minimum atomic E-state index is -4.61. The molecule has 2 aromatic carbocycles. The van der Waals surface area contributed by atoms with Gasteiger partial charge in [-0.2, -0.15) is 13.2 Å². The summed E-state index contributed by atoms with van der Waals surface area (Å²) < 4.78 is 53.0. The fraction of sp³-hybridized carbons (Fsp3) is 0.423. The Kier molecular flexibility index (Phi) is 7.25. The first-order valence-corrected chi connectivity index (χ1v) is 11.7. The molecule has 1 N–H and O–H groups in total. The summed E-state index contributed by atoms with van der Waals surface area (Å²) >= 11 is 0. The van der Waals surface area contributed by atoms with Crippen molar-refractivity contribution in [3.05, 3.63) is 53.1 Å². The number of hydrogen-bond donors (Lipinski definition) is 1. The summed E-state index contributed by atoms with van der Waals surface area (Å²) in [5.41, 5.74) is 0.994. The van der Waals surface area contributed by atoms with Gasteiger partial charge in [0.15, 0.2) is 0 Å². The summed E-state index contributed by atoms with van der Waals surface area (Å²) in [6.45, 7) is 7.12. The third kappa shape index (κ3) is 5.90. The summed E-state index contributed by atoms with van der Waals surface area (Å²) in [7, 11) is 1.98. The molecule has 0 spiro atoms. The molecule has 1 unspecified atom stereocenters. The van der Waals surface area contributed by atoms with Crippen LogP contribution >= 0.6 is 0 Å². The van der Waals surface area contributed by atoms with Crippen molar-refractivity contribution >= 4 is 23.4 Å². The molecule has 2 aliphatic rings. The number of likely N-dealkylation sites (N-methyl/N-ethyl adjacent to an activating group) is 1. The molecule has 2 aliphatic heterocycles. The molecule has 0 saturated carbocycles. The van der Waals surface area contributed by atoms with Gasteiger partial charge in [0.1, 0.15) is 17.6 Å². The lowest BCUT2D eigenvalue weighted by molar-refractivity contribution is -0.136.